The molecule has 0 aliphatic carbocycles. The Morgan fingerprint density at radius 1 is 1.09 bits per heavy atom. The molecule has 0 unspecified atom stereocenters. The van der Waals surface area contributed by atoms with Gasteiger partial charge >= 0.3 is 0 Å². The number of nitrogens with zero attached hydrogens (tertiary/aromatic N) is 5. The van der Waals surface area contributed by atoms with E-state index in [1.54, 1.807) is 24.4 Å². The minimum absolute atomic E-state index is 0.297. The van der Waals surface area contributed by atoms with Gasteiger partial charge in [-0.25, -0.2) is 9.37 Å². The van der Waals surface area contributed by atoms with Crippen molar-refractivity contribution in [1.29, 1.82) is 0 Å². The molecular weight excluding hydrogens is 295 g/mol. The predicted molar refractivity (Wildman–Crippen MR) is 82.2 cm³/mol. The van der Waals surface area contributed by atoms with E-state index in [9.17, 15) is 4.39 Å². The molecular formula is C16H9FN6. The monoisotopic (exact) mass is 304 g/mol. The highest BCUT2D eigenvalue weighted by molar-refractivity contribution is 5.78. The summed E-state index contributed by atoms with van der Waals surface area (Å²) in [5.74, 6) is 0.0446. The van der Waals surface area contributed by atoms with Gasteiger partial charge in [0.15, 0.2) is 0 Å². The van der Waals surface area contributed by atoms with Crippen molar-refractivity contribution in [2.45, 2.75) is 0 Å². The molecule has 3 aromatic heterocycles. The van der Waals surface area contributed by atoms with Crippen LogP contribution in [0.4, 0.5) is 10.2 Å². The van der Waals surface area contributed by atoms with Gasteiger partial charge in [-0.1, -0.05) is 11.7 Å². The number of aromatic nitrogens is 5. The maximum atomic E-state index is 13.1. The van der Waals surface area contributed by atoms with Gasteiger partial charge in [0.05, 0.1) is 18.1 Å². The van der Waals surface area contributed by atoms with E-state index in [1.165, 1.54) is 22.8 Å². The van der Waals surface area contributed by atoms with Gasteiger partial charge in [-0.15, -0.1) is 4.52 Å². The molecule has 0 bridgehead atoms. The molecule has 23 heavy (non-hydrogen) atoms. The van der Waals surface area contributed by atoms with Crippen LogP contribution in [0.25, 0.3) is 33.0 Å². The molecule has 0 atom stereocenters. The molecule has 0 amide bonds. The third kappa shape index (κ3) is 2.13. The summed E-state index contributed by atoms with van der Waals surface area (Å²) in [4.78, 5) is 7.52. The van der Waals surface area contributed by atoms with Crippen molar-refractivity contribution < 1.29 is 4.39 Å². The molecule has 1 aromatic carbocycles. The van der Waals surface area contributed by atoms with Gasteiger partial charge in [0, 0.05) is 17.2 Å². The summed E-state index contributed by atoms with van der Waals surface area (Å²) in [5.41, 5.74) is 3.56. The topological polar surface area (TPSA) is 63.2 Å². The Bertz CT molecular complexity index is 1040. The molecule has 4 aromatic rings. The zero-order valence-electron chi connectivity index (χ0n) is 11.7. The number of halogens is 1. The van der Waals surface area contributed by atoms with E-state index >= 15 is 0 Å². The number of H-pyrrole nitrogens is 1. The largest absolute Gasteiger partial charge is 0.360 e. The number of imidazole rings is 1. The van der Waals surface area contributed by atoms with Crippen LogP contribution in [-0.4, -0.2) is 24.8 Å². The standard InChI is InChI=1S/C16H9FN6/c1-18-15-9-19-14-7-6-13(22-23(14)15)12-8-20-21-16(12)10-2-4-11(17)5-3-10/h2-9H,(H,20,21). The van der Waals surface area contributed by atoms with Crippen molar-refractivity contribution in [2.75, 3.05) is 0 Å². The van der Waals surface area contributed by atoms with Gasteiger partial charge in [-0.2, -0.15) is 5.10 Å². The average molecular weight is 304 g/mol. The molecule has 0 saturated carbocycles. The van der Waals surface area contributed by atoms with Crippen molar-refractivity contribution in [2.24, 2.45) is 0 Å². The van der Waals surface area contributed by atoms with Crippen LogP contribution >= 0.6 is 0 Å². The number of hydrogen-bond acceptors (Lipinski definition) is 3. The minimum Gasteiger partial charge on any atom is -0.360 e. The Kier molecular flexibility index (Phi) is 2.88. The summed E-state index contributed by atoms with van der Waals surface area (Å²) in [6, 6.07) is 9.73. The summed E-state index contributed by atoms with van der Waals surface area (Å²) in [6.45, 7) is 7.15. The number of rotatable bonds is 2. The number of aromatic amines is 1. The zero-order chi connectivity index (χ0) is 15.8. The number of nitrogens with one attached hydrogen (secondary N) is 1. The van der Waals surface area contributed by atoms with E-state index in [2.05, 4.69) is 25.1 Å². The summed E-state index contributed by atoms with van der Waals surface area (Å²) in [6.07, 6.45) is 3.14. The van der Waals surface area contributed by atoms with Crippen LogP contribution in [0.15, 0.2) is 48.8 Å². The summed E-state index contributed by atoms with van der Waals surface area (Å²) in [7, 11) is 0. The van der Waals surface area contributed by atoms with Crippen molar-refractivity contribution >= 4 is 11.5 Å². The first kappa shape index (κ1) is 13.2. The van der Waals surface area contributed by atoms with Crippen LogP contribution in [-0.2, 0) is 0 Å². The Morgan fingerprint density at radius 2 is 1.91 bits per heavy atom. The molecule has 7 heteroatoms. The van der Waals surface area contributed by atoms with Crippen LogP contribution < -0.4 is 0 Å². The lowest BCUT2D eigenvalue weighted by atomic mass is 10.1. The van der Waals surface area contributed by atoms with Crippen LogP contribution in [0.5, 0.6) is 0 Å². The molecule has 0 spiro atoms. The summed E-state index contributed by atoms with van der Waals surface area (Å²) in [5, 5.41) is 11.4. The molecule has 0 aliphatic heterocycles. The highest BCUT2D eigenvalue weighted by Gasteiger charge is 2.14. The molecule has 0 radical (unpaired) electrons. The first-order valence-corrected chi connectivity index (χ1v) is 6.78. The third-order valence-electron chi connectivity index (χ3n) is 3.51. The quantitative estimate of drug-likeness (QED) is 0.577. The number of fused-ring (bicyclic) bond motifs is 1. The van der Waals surface area contributed by atoms with Gasteiger partial charge < -0.3 is 4.85 Å². The molecule has 4 rings (SSSR count). The van der Waals surface area contributed by atoms with Gasteiger partial charge in [0.25, 0.3) is 5.82 Å². The normalized spacial score (nSPS) is 10.8. The molecule has 0 fully saturated rings. The SMILES string of the molecule is [C-]#[N+]c1cnc2ccc(-c3cn[nH]c3-c3ccc(F)cc3)nn12. The second-order valence-corrected chi connectivity index (χ2v) is 4.88. The lowest BCUT2D eigenvalue weighted by Crippen LogP contribution is -1.94. The predicted octanol–water partition coefficient (Wildman–Crippen LogP) is 3.48. The van der Waals surface area contributed by atoms with E-state index in [4.69, 9.17) is 6.57 Å². The molecule has 0 aliphatic rings. The highest BCUT2D eigenvalue weighted by atomic mass is 19.1. The molecule has 0 saturated heterocycles. The van der Waals surface area contributed by atoms with E-state index in [-0.39, 0.29) is 5.82 Å². The Labute approximate surface area is 130 Å². The summed E-state index contributed by atoms with van der Waals surface area (Å²) >= 11 is 0. The number of hydrogen-bond donors (Lipinski definition) is 1. The fraction of sp³-hybridized carbons (Fsp3) is 0. The Hall–Kier alpha value is -3.53. The first-order chi connectivity index (χ1) is 11.3. The third-order valence-corrected chi connectivity index (χ3v) is 3.51. The lowest BCUT2D eigenvalue weighted by Gasteiger charge is -2.02. The molecule has 1 N–H and O–H groups in total. The fourth-order valence-corrected chi connectivity index (χ4v) is 2.40. The van der Waals surface area contributed by atoms with Crippen LogP contribution in [0, 0.1) is 12.4 Å². The van der Waals surface area contributed by atoms with Crippen molar-refractivity contribution in [3.05, 3.63) is 66.0 Å². The maximum Gasteiger partial charge on any atom is 0.275 e. The number of benzene rings is 1. The molecule has 110 valence electrons. The lowest BCUT2D eigenvalue weighted by molar-refractivity contribution is 0.628. The van der Waals surface area contributed by atoms with Gasteiger partial charge in [-0.3, -0.25) is 5.10 Å². The van der Waals surface area contributed by atoms with Crippen LogP contribution in [0.3, 0.4) is 0 Å². The molecule has 3 heterocycles. The fourth-order valence-electron chi connectivity index (χ4n) is 2.40. The summed E-state index contributed by atoms with van der Waals surface area (Å²) < 4.78 is 14.6. The second kappa shape index (κ2) is 5.03. The highest BCUT2D eigenvalue weighted by Crippen LogP contribution is 2.29. The van der Waals surface area contributed by atoms with Crippen molar-refractivity contribution in [3.63, 3.8) is 0 Å². The smallest absolute Gasteiger partial charge is 0.275 e. The van der Waals surface area contributed by atoms with Crippen LogP contribution in [0.2, 0.25) is 0 Å². The van der Waals surface area contributed by atoms with E-state index in [0.29, 0.717) is 17.2 Å². The Balaban J connectivity index is 1.87. The maximum absolute atomic E-state index is 13.1. The van der Waals surface area contributed by atoms with E-state index in [0.717, 1.165) is 16.8 Å². The second-order valence-electron chi connectivity index (χ2n) is 4.88. The zero-order valence-corrected chi connectivity index (χ0v) is 11.7. The average Bonchev–Trinajstić information content (AvgIpc) is 3.21. The van der Waals surface area contributed by atoms with Gasteiger partial charge in [0.1, 0.15) is 11.5 Å². The van der Waals surface area contributed by atoms with E-state index in [1.807, 2.05) is 6.07 Å². The molecule has 6 nitrogen and oxygen atoms in total. The van der Waals surface area contributed by atoms with Crippen molar-refractivity contribution in [1.82, 2.24) is 24.8 Å². The van der Waals surface area contributed by atoms with Crippen LogP contribution in [0.1, 0.15) is 0 Å². The first-order valence-electron chi connectivity index (χ1n) is 6.78. The van der Waals surface area contributed by atoms with Crippen molar-refractivity contribution in [3.8, 4) is 22.5 Å². The van der Waals surface area contributed by atoms with Gasteiger partial charge in [-0.05, 0) is 30.3 Å². The van der Waals surface area contributed by atoms with E-state index < -0.39 is 0 Å². The Morgan fingerprint density at radius 3 is 2.70 bits per heavy atom. The minimum atomic E-state index is -0.297. The van der Waals surface area contributed by atoms with Gasteiger partial charge in [0.2, 0.25) is 5.65 Å².